The molecule has 0 aliphatic heterocycles. The van der Waals surface area contributed by atoms with Crippen molar-refractivity contribution in [2.45, 2.75) is 13.5 Å². The summed E-state index contributed by atoms with van der Waals surface area (Å²) in [6.07, 6.45) is 0. The van der Waals surface area contributed by atoms with Crippen molar-refractivity contribution in [3.63, 3.8) is 0 Å². The number of hydrogen-bond acceptors (Lipinski definition) is 3. The van der Waals surface area contributed by atoms with Gasteiger partial charge in [0.05, 0.1) is 13.1 Å². The maximum absolute atomic E-state index is 11.9. The van der Waals surface area contributed by atoms with Crippen LogP contribution in [0.1, 0.15) is 22.8 Å². The molecule has 2 rings (SSSR count). The highest BCUT2D eigenvalue weighted by atomic mass is 127. The Kier molecular flexibility index (Phi) is 11.0. The van der Waals surface area contributed by atoms with E-state index in [4.69, 9.17) is 4.74 Å². The smallest absolute Gasteiger partial charge is 0.253 e. The first-order valence-corrected chi connectivity index (χ1v) is 9.10. The SMILES string of the molecule is CCNC(=NCc1ccc(C(=O)N(C)C)cc1)NCCOc1ccccc1.I. The number of hydrogen-bond donors (Lipinski definition) is 2. The fourth-order valence-electron chi connectivity index (χ4n) is 2.38. The van der Waals surface area contributed by atoms with Gasteiger partial charge in [-0.05, 0) is 36.8 Å². The summed E-state index contributed by atoms with van der Waals surface area (Å²) in [6.45, 7) is 4.54. The Bertz CT molecular complexity index is 734. The van der Waals surface area contributed by atoms with Gasteiger partial charge in [-0.3, -0.25) is 4.79 Å². The molecule has 2 N–H and O–H groups in total. The average Bonchev–Trinajstić information content (AvgIpc) is 2.69. The first-order chi connectivity index (χ1) is 13.1. The molecule has 152 valence electrons. The van der Waals surface area contributed by atoms with Gasteiger partial charge in [-0.1, -0.05) is 30.3 Å². The number of guanidine groups is 1. The molecule has 0 unspecified atom stereocenters. The van der Waals surface area contributed by atoms with Crippen LogP contribution in [0.2, 0.25) is 0 Å². The number of carbonyl (C=O) groups excluding carboxylic acids is 1. The molecule has 0 atom stereocenters. The zero-order chi connectivity index (χ0) is 19.5. The van der Waals surface area contributed by atoms with E-state index in [2.05, 4.69) is 15.6 Å². The molecule has 0 aromatic heterocycles. The Morgan fingerprint density at radius 3 is 2.32 bits per heavy atom. The Labute approximate surface area is 184 Å². The number of rotatable bonds is 8. The monoisotopic (exact) mass is 496 g/mol. The second-order valence-electron chi connectivity index (χ2n) is 6.18. The predicted molar refractivity (Wildman–Crippen MR) is 125 cm³/mol. The lowest BCUT2D eigenvalue weighted by Gasteiger charge is -2.12. The van der Waals surface area contributed by atoms with E-state index in [0.717, 1.165) is 23.8 Å². The molecule has 0 bridgehead atoms. The minimum absolute atomic E-state index is 0. The zero-order valence-electron chi connectivity index (χ0n) is 16.6. The summed E-state index contributed by atoms with van der Waals surface area (Å²) < 4.78 is 5.67. The van der Waals surface area contributed by atoms with Crippen molar-refractivity contribution < 1.29 is 9.53 Å². The van der Waals surface area contributed by atoms with Crippen molar-refractivity contribution >= 4 is 35.8 Å². The van der Waals surface area contributed by atoms with Crippen molar-refractivity contribution in [3.8, 4) is 5.75 Å². The van der Waals surface area contributed by atoms with Crippen LogP contribution >= 0.6 is 24.0 Å². The zero-order valence-corrected chi connectivity index (χ0v) is 19.0. The number of amides is 1. The summed E-state index contributed by atoms with van der Waals surface area (Å²) in [5.41, 5.74) is 1.72. The van der Waals surface area contributed by atoms with Gasteiger partial charge in [-0.25, -0.2) is 4.99 Å². The molecule has 7 heteroatoms. The van der Waals surface area contributed by atoms with Crippen LogP contribution in [0.4, 0.5) is 0 Å². The lowest BCUT2D eigenvalue weighted by Crippen LogP contribution is -2.39. The minimum Gasteiger partial charge on any atom is -0.492 e. The molecular weight excluding hydrogens is 467 g/mol. The van der Waals surface area contributed by atoms with Crippen LogP contribution < -0.4 is 15.4 Å². The normalized spacial score (nSPS) is 10.6. The molecule has 0 saturated heterocycles. The standard InChI is InChI=1S/C21H28N4O2.HI/c1-4-22-21(23-14-15-27-19-8-6-5-7-9-19)24-16-17-10-12-18(13-11-17)20(26)25(2)3;/h5-13H,4,14-16H2,1-3H3,(H2,22,23,24);1H. The Morgan fingerprint density at radius 1 is 1.04 bits per heavy atom. The number of aliphatic imine (C=N–C) groups is 1. The summed E-state index contributed by atoms with van der Waals surface area (Å²) in [4.78, 5) is 18.1. The topological polar surface area (TPSA) is 66.0 Å². The van der Waals surface area contributed by atoms with Crippen LogP contribution in [0.3, 0.4) is 0 Å². The Balaban J connectivity index is 0.00000392. The van der Waals surface area contributed by atoms with E-state index in [0.29, 0.717) is 25.3 Å². The molecule has 2 aromatic carbocycles. The van der Waals surface area contributed by atoms with Crippen molar-refractivity contribution in [3.05, 3.63) is 65.7 Å². The molecule has 0 heterocycles. The molecule has 2 aromatic rings. The summed E-state index contributed by atoms with van der Waals surface area (Å²) in [5, 5.41) is 6.48. The van der Waals surface area contributed by atoms with Crippen LogP contribution in [0, 0.1) is 0 Å². The Hall–Kier alpha value is -2.29. The van der Waals surface area contributed by atoms with Crippen molar-refractivity contribution in [1.82, 2.24) is 15.5 Å². The first kappa shape index (κ1) is 23.7. The molecule has 0 saturated carbocycles. The third-order valence-electron chi connectivity index (χ3n) is 3.78. The molecule has 28 heavy (non-hydrogen) atoms. The number of nitrogens with one attached hydrogen (secondary N) is 2. The highest BCUT2D eigenvalue weighted by Gasteiger charge is 2.07. The van der Waals surface area contributed by atoms with Gasteiger partial charge in [-0.2, -0.15) is 0 Å². The van der Waals surface area contributed by atoms with Gasteiger partial charge in [0.2, 0.25) is 0 Å². The second-order valence-corrected chi connectivity index (χ2v) is 6.18. The van der Waals surface area contributed by atoms with E-state index in [9.17, 15) is 4.79 Å². The van der Waals surface area contributed by atoms with Crippen molar-refractivity contribution in [2.24, 2.45) is 4.99 Å². The quantitative estimate of drug-likeness (QED) is 0.255. The molecular formula is C21H29IN4O2. The molecule has 6 nitrogen and oxygen atoms in total. The van der Waals surface area contributed by atoms with Gasteiger partial charge in [0.1, 0.15) is 12.4 Å². The van der Waals surface area contributed by atoms with Gasteiger partial charge < -0.3 is 20.3 Å². The fourth-order valence-corrected chi connectivity index (χ4v) is 2.38. The van der Waals surface area contributed by atoms with E-state index in [1.54, 1.807) is 19.0 Å². The summed E-state index contributed by atoms with van der Waals surface area (Å²) >= 11 is 0. The largest absolute Gasteiger partial charge is 0.492 e. The summed E-state index contributed by atoms with van der Waals surface area (Å²) in [7, 11) is 3.49. The second kappa shape index (κ2) is 13.0. The highest BCUT2D eigenvalue weighted by molar-refractivity contribution is 14.0. The molecule has 0 spiro atoms. The lowest BCUT2D eigenvalue weighted by molar-refractivity contribution is 0.0827. The summed E-state index contributed by atoms with van der Waals surface area (Å²) in [6, 6.07) is 17.3. The molecule has 0 aliphatic carbocycles. The fraction of sp³-hybridized carbons (Fsp3) is 0.333. The Morgan fingerprint density at radius 2 is 1.71 bits per heavy atom. The van der Waals surface area contributed by atoms with Gasteiger partial charge in [-0.15, -0.1) is 24.0 Å². The highest BCUT2D eigenvalue weighted by Crippen LogP contribution is 2.08. The van der Waals surface area contributed by atoms with E-state index < -0.39 is 0 Å². The van der Waals surface area contributed by atoms with E-state index in [1.807, 2.05) is 61.5 Å². The number of nitrogens with zero attached hydrogens (tertiary/aromatic N) is 2. The predicted octanol–water partition coefficient (Wildman–Crippen LogP) is 3.14. The minimum atomic E-state index is -0.00141. The number of ether oxygens (including phenoxy) is 1. The van der Waals surface area contributed by atoms with Gasteiger partial charge in [0.25, 0.3) is 5.91 Å². The van der Waals surface area contributed by atoms with Crippen LogP contribution in [-0.2, 0) is 6.54 Å². The van der Waals surface area contributed by atoms with Crippen LogP contribution in [0.15, 0.2) is 59.6 Å². The van der Waals surface area contributed by atoms with Gasteiger partial charge in [0, 0.05) is 26.2 Å². The van der Waals surface area contributed by atoms with E-state index in [-0.39, 0.29) is 29.9 Å². The third-order valence-corrected chi connectivity index (χ3v) is 3.78. The van der Waals surface area contributed by atoms with Crippen LogP contribution in [-0.4, -0.2) is 50.6 Å². The summed E-state index contributed by atoms with van der Waals surface area (Å²) in [5.74, 6) is 1.59. The van der Waals surface area contributed by atoms with E-state index >= 15 is 0 Å². The maximum atomic E-state index is 11.9. The third kappa shape index (κ3) is 8.16. The molecule has 0 fully saturated rings. The maximum Gasteiger partial charge on any atom is 0.253 e. The van der Waals surface area contributed by atoms with Crippen molar-refractivity contribution in [1.29, 1.82) is 0 Å². The van der Waals surface area contributed by atoms with Crippen molar-refractivity contribution in [2.75, 3.05) is 33.8 Å². The average molecular weight is 496 g/mol. The number of benzene rings is 2. The number of halogens is 1. The lowest BCUT2D eigenvalue weighted by atomic mass is 10.1. The first-order valence-electron chi connectivity index (χ1n) is 9.10. The number of carbonyl (C=O) groups is 1. The molecule has 1 amide bonds. The van der Waals surface area contributed by atoms with Crippen LogP contribution in [0.25, 0.3) is 0 Å². The van der Waals surface area contributed by atoms with E-state index in [1.165, 1.54) is 0 Å². The molecule has 0 aliphatic rings. The van der Waals surface area contributed by atoms with Gasteiger partial charge >= 0.3 is 0 Å². The molecule has 0 radical (unpaired) electrons. The van der Waals surface area contributed by atoms with Gasteiger partial charge in [0.15, 0.2) is 5.96 Å². The van der Waals surface area contributed by atoms with Crippen LogP contribution in [0.5, 0.6) is 5.75 Å². The number of para-hydroxylation sites is 1.